The van der Waals surface area contributed by atoms with Crippen molar-refractivity contribution < 1.29 is 53.2 Å². The molecule has 0 aliphatic rings. The predicted molar refractivity (Wildman–Crippen MR) is 78.9 cm³/mol. The smallest absolute Gasteiger partial charge is 1.00 e. The van der Waals surface area contributed by atoms with Crippen molar-refractivity contribution in [3.05, 3.63) is 82.4 Å². The summed E-state index contributed by atoms with van der Waals surface area (Å²) in [5.74, 6) is 0. The van der Waals surface area contributed by atoms with Crippen molar-refractivity contribution >= 4 is 0 Å². The van der Waals surface area contributed by atoms with Crippen LogP contribution in [-0.2, 0) is 13.1 Å². The summed E-state index contributed by atoms with van der Waals surface area (Å²) in [4.78, 5) is 0. The summed E-state index contributed by atoms with van der Waals surface area (Å²) in [5, 5.41) is 8.01. The molecule has 0 amide bonds. The molecule has 105 valence electrons. The van der Waals surface area contributed by atoms with Crippen LogP contribution in [0.4, 0.5) is 0 Å². The van der Waals surface area contributed by atoms with E-state index in [1.807, 2.05) is 50.5 Å². The van der Waals surface area contributed by atoms with Crippen molar-refractivity contribution in [2.45, 2.75) is 13.1 Å². The van der Waals surface area contributed by atoms with Crippen LogP contribution in [0, 0.1) is 40.8 Å². The van der Waals surface area contributed by atoms with Gasteiger partial charge in [0.2, 0.25) is 0 Å². The molecular weight excluding hydrogens is 400 g/mol. The van der Waals surface area contributed by atoms with Crippen LogP contribution >= 0.6 is 0 Å². The summed E-state index contributed by atoms with van der Waals surface area (Å²) in [6, 6.07) is 20.4. The number of rotatable bonds is 4. The zero-order chi connectivity index (χ0) is 13.1. The van der Waals surface area contributed by atoms with E-state index in [0.29, 0.717) is 0 Å². The molecule has 0 fully saturated rings. The Labute approximate surface area is 161 Å². The summed E-state index contributed by atoms with van der Waals surface area (Å²) in [5.41, 5.74) is 2.56. The van der Waals surface area contributed by atoms with Crippen LogP contribution < -0.4 is 12.4 Å². The maximum absolute atomic E-state index is 4.01. The second-order valence-electron chi connectivity index (χ2n) is 3.92. The van der Waals surface area contributed by atoms with Gasteiger partial charge in [0.05, 0.1) is 0 Å². The minimum Gasteiger partial charge on any atom is -1.00 e. The van der Waals surface area contributed by atoms with Crippen LogP contribution in [0.25, 0.3) is 10.6 Å². The van der Waals surface area contributed by atoms with E-state index in [2.05, 4.69) is 34.9 Å². The molecule has 0 heterocycles. The topological polar surface area (TPSA) is 28.2 Å². The van der Waals surface area contributed by atoms with Gasteiger partial charge in [0.15, 0.2) is 0 Å². The molecule has 4 heteroatoms. The standard InChI is InChI=1S/2C8H10N.ClH.Nd/c2*1-9-7-8-5-3-2-4-6-8;;/h2*2-6H,7H2,1H3;1H;/q2*-1;;+3/p-1. The van der Waals surface area contributed by atoms with Crippen molar-refractivity contribution in [1.82, 2.24) is 0 Å². The van der Waals surface area contributed by atoms with E-state index in [1.54, 1.807) is 0 Å². The summed E-state index contributed by atoms with van der Waals surface area (Å²) < 4.78 is 0. The summed E-state index contributed by atoms with van der Waals surface area (Å²) in [6.45, 7) is 1.67. The van der Waals surface area contributed by atoms with Gasteiger partial charge < -0.3 is 23.0 Å². The van der Waals surface area contributed by atoms with Crippen molar-refractivity contribution in [3.8, 4) is 0 Å². The van der Waals surface area contributed by atoms with Gasteiger partial charge in [0.25, 0.3) is 0 Å². The minimum atomic E-state index is 0. The van der Waals surface area contributed by atoms with Crippen molar-refractivity contribution in [2.75, 3.05) is 14.1 Å². The molecule has 0 saturated carbocycles. The molecule has 20 heavy (non-hydrogen) atoms. The quantitative estimate of drug-likeness (QED) is 0.716. The fourth-order valence-corrected chi connectivity index (χ4v) is 1.53. The second-order valence-corrected chi connectivity index (χ2v) is 3.92. The van der Waals surface area contributed by atoms with E-state index >= 15 is 0 Å². The van der Waals surface area contributed by atoms with Crippen LogP contribution in [0.1, 0.15) is 11.1 Å². The van der Waals surface area contributed by atoms with Crippen LogP contribution in [0.5, 0.6) is 0 Å². The Morgan fingerprint density at radius 1 is 0.650 bits per heavy atom. The molecule has 0 aliphatic heterocycles. The first-order valence-corrected chi connectivity index (χ1v) is 6.06. The van der Waals surface area contributed by atoms with E-state index in [-0.39, 0.29) is 53.2 Å². The Bertz CT molecular complexity index is 368. The Morgan fingerprint density at radius 3 is 1.20 bits per heavy atom. The maximum atomic E-state index is 4.01. The molecule has 0 aliphatic carbocycles. The molecule has 2 rings (SSSR count). The number of halogens is 1. The SMILES string of the molecule is C[N-]Cc1ccccc1.C[N-]Cc1ccccc1.[Cl-].[Nd+3]. The average molecular weight is 420 g/mol. The molecule has 0 atom stereocenters. The number of hydrogen-bond donors (Lipinski definition) is 0. The molecule has 0 N–H and O–H groups in total. The largest absolute Gasteiger partial charge is 3.00 e. The van der Waals surface area contributed by atoms with E-state index < -0.39 is 0 Å². The summed E-state index contributed by atoms with van der Waals surface area (Å²) in [6.07, 6.45) is 0. The first-order chi connectivity index (χ1) is 8.86. The molecule has 2 nitrogen and oxygen atoms in total. The molecule has 2 aromatic rings. The van der Waals surface area contributed by atoms with Gasteiger partial charge in [-0.25, -0.2) is 0 Å². The zero-order valence-corrected chi connectivity index (χ0v) is 15.9. The third-order valence-electron chi connectivity index (χ3n) is 2.37. The molecule has 0 aromatic heterocycles. The van der Waals surface area contributed by atoms with Gasteiger partial charge in [0, 0.05) is 0 Å². The van der Waals surface area contributed by atoms with Gasteiger partial charge in [-0.15, -0.1) is 13.1 Å². The third kappa shape index (κ3) is 10.7. The first-order valence-electron chi connectivity index (χ1n) is 6.06. The Kier molecular flexibility index (Phi) is 17.1. The van der Waals surface area contributed by atoms with Crippen LogP contribution in [0.2, 0.25) is 0 Å². The fraction of sp³-hybridized carbons (Fsp3) is 0.250. The van der Waals surface area contributed by atoms with Gasteiger partial charge in [-0.2, -0.15) is 14.1 Å². The van der Waals surface area contributed by atoms with E-state index in [4.69, 9.17) is 0 Å². The van der Waals surface area contributed by atoms with Crippen molar-refractivity contribution in [3.63, 3.8) is 0 Å². The third-order valence-corrected chi connectivity index (χ3v) is 2.37. The first kappa shape index (κ1) is 22.3. The zero-order valence-electron chi connectivity index (χ0n) is 12.0. The molecule has 0 bridgehead atoms. The number of benzene rings is 2. The van der Waals surface area contributed by atoms with Gasteiger partial charge in [-0.05, 0) is 0 Å². The molecule has 1 radical (unpaired) electrons. The molecule has 2 aromatic carbocycles. The van der Waals surface area contributed by atoms with Gasteiger partial charge in [0.1, 0.15) is 0 Å². The van der Waals surface area contributed by atoms with E-state index in [0.717, 1.165) is 13.1 Å². The Morgan fingerprint density at radius 2 is 0.950 bits per heavy atom. The second kappa shape index (κ2) is 15.4. The van der Waals surface area contributed by atoms with Crippen LogP contribution in [0.15, 0.2) is 60.7 Å². The summed E-state index contributed by atoms with van der Waals surface area (Å²) >= 11 is 0. The van der Waals surface area contributed by atoms with Gasteiger partial charge in [-0.3, -0.25) is 0 Å². The monoisotopic (exact) mass is 417 g/mol. The Hall–Kier alpha value is 0.000649. The molecule has 0 spiro atoms. The fourth-order valence-electron chi connectivity index (χ4n) is 1.53. The minimum absolute atomic E-state index is 0. The number of nitrogens with zero attached hydrogens (tertiary/aromatic N) is 2. The molecule has 0 unspecified atom stereocenters. The molecular formula is C16H20ClN2Nd. The molecule has 0 saturated heterocycles. The van der Waals surface area contributed by atoms with Gasteiger partial charge >= 0.3 is 40.8 Å². The van der Waals surface area contributed by atoms with Crippen LogP contribution in [0.3, 0.4) is 0 Å². The van der Waals surface area contributed by atoms with E-state index in [9.17, 15) is 0 Å². The van der Waals surface area contributed by atoms with Crippen LogP contribution in [-0.4, -0.2) is 14.1 Å². The van der Waals surface area contributed by atoms with Gasteiger partial charge in [-0.1, -0.05) is 71.8 Å². The van der Waals surface area contributed by atoms with E-state index in [1.165, 1.54) is 11.1 Å². The normalized spacial score (nSPS) is 8.50. The maximum Gasteiger partial charge on any atom is 3.00 e. The Balaban J connectivity index is 0. The number of hydrogen-bond acceptors (Lipinski definition) is 0. The van der Waals surface area contributed by atoms with Crippen molar-refractivity contribution in [1.29, 1.82) is 0 Å². The average Bonchev–Trinajstić information content (AvgIpc) is 2.43. The summed E-state index contributed by atoms with van der Waals surface area (Å²) in [7, 11) is 3.65. The van der Waals surface area contributed by atoms with Crippen molar-refractivity contribution in [2.24, 2.45) is 0 Å². The predicted octanol–water partition coefficient (Wildman–Crippen LogP) is 1.38.